The van der Waals surface area contributed by atoms with Crippen molar-refractivity contribution in [1.29, 1.82) is 0 Å². The van der Waals surface area contributed by atoms with E-state index in [2.05, 4.69) is 5.32 Å². The Bertz CT molecular complexity index is 344. The van der Waals surface area contributed by atoms with Crippen LogP contribution in [0.3, 0.4) is 0 Å². The van der Waals surface area contributed by atoms with Crippen molar-refractivity contribution in [2.24, 2.45) is 0 Å². The van der Waals surface area contributed by atoms with Gasteiger partial charge in [0.05, 0.1) is 0 Å². The lowest BCUT2D eigenvalue weighted by Crippen LogP contribution is -2.23. The maximum absolute atomic E-state index is 12.6. The number of carboxylic acid groups (broad SMARTS) is 1. The van der Waals surface area contributed by atoms with E-state index in [0.29, 0.717) is 11.4 Å². The number of hydrogen-bond acceptors (Lipinski definition) is 1. The summed E-state index contributed by atoms with van der Waals surface area (Å²) in [5, 5.41) is 10.8. The van der Waals surface area contributed by atoms with E-state index in [4.69, 9.17) is 16.7 Å². The minimum absolute atomic E-state index is 0.265. The van der Waals surface area contributed by atoms with Gasteiger partial charge in [0.25, 0.3) is 0 Å². The maximum Gasteiger partial charge on any atom is 0.404 e. The van der Waals surface area contributed by atoms with Gasteiger partial charge in [-0.2, -0.15) is 0 Å². The lowest BCUT2D eigenvalue weighted by atomic mass is 10.1. The molecule has 0 saturated heterocycles. The van der Waals surface area contributed by atoms with E-state index >= 15 is 0 Å². The van der Waals surface area contributed by atoms with Crippen molar-refractivity contribution in [3.63, 3.8) is 0 Å². The quantitative estimate of drug-likeness (QED) is 0.816. The zero-order valence-electron chi connectivity index (χ0n) is 7.26. The topological polar surface area (TPSA) is 49.3 Å². The third-order valence-electron chi connectivity index (χ3n) is 1.69. The fraction of sp³-hybridized carbons (Fsp3) is 0.222. The molecule has 0 heterocycles. The smallest absolute Gasteiger partial charge is 0.404 e. The summed E-state index contributed by atoms with van der Waals surface area (Å²) in [6, 6.07) is 4.04. The van der Waals surface area contributed by atoms with Crippen LogP contribution in [0.25, 0.3) is 0 Å². The lowest BCUT2D eigenvalue weighted by molar-refractivity contribution is 0.194. The molecule has 0 aliphatic rings. The van der Waals surface area contributed by atoms with Gasteiger partial charge in [0.1, 0.15) is 5.82 Å². The van der Waals surface area contributed by atoms with E-state index < -0.39 is 11.9 Å². The van der Waals surface area contributed by atoms with Crippen LogP contribution in [0.2, 0.25) is 5.02 Å². The van der Waals surface area contributed by atoms with Crippen LogP contribution >= 0.6 is 11.6 Å². The summed E-state index contributed by atoms with van der Waals surface area (Å²) in [6.45, 7) is 0.265. The Morgan fingerprint density at radius 2 is 2.29 bits per heavy atom. The molecule has 0 aliphatic carbocycles. The molecule has 5 heteroatoms. The van der Waals surface area contributed by atoms with Crippen LogP contribution in [-0.4, -0.2) is 17.7 Å². The Labute approximate surface area is 85.5 Å². The highest BCUT2D eigenvalue weighted by atomic mass is 35.5. The van der Waals surface area contributed by atoms with E-state index in [9.17, 15) is 9.18 Å². The van der Waals surface area contributed by atoms with Crippen molar-refractivity contribution >= 4 is 17.7 Å². The third kappa shape index (κ3) is 3.22. The van der Waals surface area contributed by atoms with Crippen molar-refractivity contribution in [2.45, 2.75) is 6.42 Å². The first-order chi connectivity index (χ1) is 6.59. The highest BCUT2D eigenvalue weighted by molar-refractivity contribution is 6.31. The van der Waals surface area contributed by atoms with Gasteiger partial charge in [-0.15, -0.1) is 0 Å². The molecular formula is C9H9ClFNO2. The standard InChI is InChI=1S/C9H9ClFNO2/c10-8-5-7(11)2-1-6(8)3-4-12-9(13)14/h1-2,5,12H,3-4H2,(H,13,14). The summed E-state index contributed by atoms with van der Waals surface area (Å²) in [5.41, 5.74) is 0.724. The number of nitrogens with one attached hydrogen (secondary N) is 1. The van der Waals surface area contributed by atoms with Crippen LogP contribution in [0.5, 0.6) is 0 Å². The van der Waals surface area contributed by atoms with Gasteiger partial charge >= 0.3 is 6.09 Å². The van der Waals surface area contributed by atoms with E-state index in [-0.39, 0.29) is 6.54 Å². The van der Waals surface area contributed by atoms with Gasteiger partial charge in [0.15, 0.2) is 0 Å². The van der Waals surface area contributed by atoms with Crippen molar-refractivity contribution in [1.82, 2.24) is 5.32 Å². The average molecular weight is 218 g/mol. The Balaban J connectivity index is 2.55. The molecule has 0 aliphatic heterocycles. The zero-order valence-corrected chi connectivity index (χ0v) is 8.01. The molecule has 76 valence electrons. The number of carbonyl (C=O) groups is 1. The van der Waals surface area contributed by atoms with E-state index in [1.165, 1.54) is 12.1 Å². The van der Waals surface area contributed by atoms with Crippen LogP contribution < -0.4 is 5.32 Å². The minimum Gasteiger partial charge on any atom is -0.465 e. The van der Waals surface area contributed by atoms with Crippen molar-refractivity contribution in [3.8, 4) is 0 Å². The Hall–Kier alpha value is -1.29. The summed E-state index contributed by atoms with van der Waals surface area (Å²) >= 11 is 5.73. The molecule has 0 aromatic heterocycles. The molecule has 1 rings (SSSR count). The summed E-state index contributed by atoms with van der Waals surface area (Å²) in [6.07, 6.45) is -0.631. The van der Waals surface area contributed by atoms with Gasteiger partial charge in [0.2, 0.25) is 0 Å². The fourth-order valence-corrected chi connectivity index (χ4v) is 1.29. The first-order valence-corrected chi connectivity index (χ1v) is 4.38. The van der Waals surface area contributed by atoms with Gasteiger partial charge < -0.3 is 10.4 Å². The minimum atomic E-state index is -1.08. The molecule has 1 aromatic carbocycles. The Morgan fingerprint density at radius 3 is 2.86 bits per heavy atom. The molecule has 0 saturated carbocycles. The van der Waals surface area contributed by atoms with Crippen LogP contribution in [0.1, 0.15) is 5.56 Å². The first kappa shape index (κ1) is 10.8. The summed E-state index contributed by atoms with van der Waals surface area (Å²) < 4.78 is 12.6. The number of hydrogen-bond donors (Lipinski definition) is 2. The van der Waals surface area contributed by atoms with Crippen molar-refractivity contribution < 1.29 is 14.3 Å². The molecule has 0 fully saturated rings. The molecule has 1 aromatic rings. The second kappa shape index (κ2) is 4.81. The highest BCUT2D eigenvalue weighted by Gasteiger charge is 2.02. The second-order valence-electron chi connectivity index (χ2n) is 2.72. The van der Waals surface area contributed by atoms with Crippen molar-refractivity contribution in [2.75, 3.05) is 6.54 Å². The second-order valence-corrected chi connectivity index (χ2v) is 3.12. The van der Waals surface area contributed by atoms with Crippen LogP contribution in [0.4, 0.5) is 9.18 Å². The average Bonchev–Trinajstić information content (AvgIpc) is 2.08. The summed E-state index contributed by atoms with van der Waals surface area (Å²) in [7, 11) is 0. The number of halogens is 2. The van der Waals surface area contributed by atoms with Gasteiger partial charge in [-0.05, 0) is 24.1 Å². The maximum atomic E-state index is 12.6. The molecule has 0 radical (unpaired) electrons. The third-order valence-corrected chi connectivity index (χ3v) is 2.04. The zero-order chi connectivity index (χ0) is 10.6. The molecule has 1 amide bonds. The van der Waals surface area contributed by atoms with Crippen molar-refractivity contribution in [3.05, 3.63) is 34.6 Å². The predicted octanol–water partition coefficient (Wildman–Crippen LogP) is 2.29. The summed E-state index contributed by atoms with van der Waals surface area (Å²) in [5.74, 6) is -0.398. The van der Waals surface area contributed by atoms with Gasteiger partial charge in [-0.25, -0.2) is 9.18 Å². The Morgan fingerprint density at radius 1 is 1.57 bits per heavy atom. The largest absolute Gasteiger partial charge is 0.465 e. The molecule has 0 spiro atoms. The number of benzene rings is 1. The molecular weight excluding hydrogens is 209 g/mol. The van der Waals surface area contributed by atoms with Gasteiger partial charge in [-0.1, -0.05) is 17.7 Å². The van der Waals surface area contributed by atoms with Crippen LogP contribution in [0.15, 0.2) is 18.2 Å². The van der Waals surface area contributed by atoms with E-state index in [0.717, 1.165) is 5.56 Å². The van der Waals surface area contributed by atoms with Gasteiger partial charge in [0, 0.05) is 11.6 Å². The molecule has 2 N–H and O–H groups in total. The van der Waals surface area contributed by atoms with E-state index in [1.807, 2.05) is 0 Å². The fourth-order valence-electron chi connectivity index (χ4n) is 1.03. The molecule has 14 heavy (non-hydrogen) atoms. The van der Waals surface area contributed by atoms with Gasteiger partial charge in [-0.3, -0.25) is 0 Å². The summed E-state index contributed by atoms with van der Waals surface area (Å²) in [4.78, 5) is 10.1. The molecule has 0 bridgehead atoms. The highest BCUT2D eigenvalue weighted by Crippen LogP contribution is 2.17. The normalized spacial score (nSPS) is 9.86. The molecule has 0 atom stereocenters. The monoisotopic (exact) mass is 217 g/mol. The van der Waals surface area contributed by atoms with E-state index in [1.54, 1.807) is 6.07 Å². The Kier molecular flexibility index (Phi) is 3.71. The SMILES string of the molecule is O=C(O)NCCc1ccc(F)cc1Cl. The van der Waals surface area contributed by atoms with Crippen LogP contribution in [-0.2, 0) is 6.42 Å². The first-order valence-electron chi connectivity index (χ1n) is 4.00. The molecule has 0 unspecified atom stereocenters. The number of rotatable bonds is 3. The number of amides is 1. The molecule has 3 nitrogen and oxygen atoms in total. The van der Waals surface area contributed by atoms with Crippen LogP contribution in [0, 0.1) is 5.82 Å². The lowest BCUT2D eigenvalue weighted by Gasteiger charge is -2.03. The predicted molar refractivity (Wildman–Crippen MR) is 51.1 cm³/mol.